The van der Waals surface area contributed by atoms with E-state index in [2.05, 4.69) is 20.5 Å². The number of nitrogens with zero attached hydrogens (tertiary/aromatic N) is 2. The Hall–Kier alpha value is -1.95. The van der Waals surface area contributed by atoms with Crippen molar-refractivity contribution in [3.63, 3.8) is 0 Å². The molecular weight excluding hydrogens is 235 g/mol. The molecule has 2 aromatic rings. The molecule has 1 atom stereocenters. The summed E-state index contributed by atoms with van der Waals surface area (Å²) in [6.45, 7) is 2.49. The Balaban J connectivity index is 2.13. The fourth-order valence-electron chi connectivity index (χ4n) is 1.61. The highest BCUT2D eigenvalue weighted by atomic mass is 19.1. The van der Waals surface area contributed by atoms with Crippen LogP contribution in [0.1, 0.15) is 6.92 Å². The smallest absolute Gasteiger partial charge is 0.242 e. The van der Waals surface area contributed by atoms with Gasteiger partial charge >= 0.3 is 0 Å². The van der Waals surface area contributed by atoms with E-state index in [0.29, 0.717) is 23.9 Å². The monoisotopic (exact) mass is 250 g/mol. The van der Waals surface area contributed by atoms with E-state index in [9.17, 15) is 4.39 Å². The minimum atomic E-state index is -0.329. The lowest BCUT2D eigenvalue weighted by molar-refractivity contribution is 0.190. The van der Waals surface area contributed by atoms with Gasteiger partial charge in [-0.05, 0) is 19.1 Å². The molecule has 0 fully saturated rings. The molecule has 0 aliphatic carbocycles. The standard InChI is InChI=1S/C12H15FN4O/c1-8(7-18-2)14-12-15-11(16-17-12)9-5-3-4-6-10(9)13/h3-6,8H,7H2,1-2H3,(H2,14,15,16,17). The van der Waals surface area contributed by atoms with Gasteiger partial charge in [0.1, 0.15) is 5.82 Å². The second-order valence-corrected chi connectivity index (χ2v) is 3.99. The molecule has 1 heterocycles. The van der Waals surface area contributed by atoms with Crippen LogP contribution in [0.5, 0.6) is 0 Å². The van der Waals surface area contributed by atoms with Gasteiger partial charge in [-0.15, -0.1) is 5.10 Å². The van der Waals surface area contributed by atoms with Crippen LogP contribution < -0.4 is 5.32 Å². The SMILES string of the molecule is COCC(C)Nc1n[nH]c(-c2ccccc2F)n1. The van der Waals surface area contributed by atoms with Crippen molar-refractivity contribution in [1.82, 2.24) is 15.2 Å². The molecule has 0 aliphatic rings. The molecule has 1 unspecified atom stereocenters. The summed E-state index contributed by atoms with van der Waals surface area (Å²) in [6.07, 6.45) is 0. The van der Waals surface area contributed by atoms with E-state index in [4.69, 9.17) is 4.74 Å². The maximum atomic E-state index is 13.5. The molecule has 0 saturated heterocycles. The van der Waals surface area contributed by atoms with Crippen LogP contribution in [0.3, 0.4) is 0 Å². The predicted molar refractivity (Wildman–Crippen MR) is 66.7 cm³/mol. The third kappa shape index (κ3) is 2.84. The average molecular weight is 250 g/mol. The molecule has 6 heteroatoms. The van der Waals surface area contributed by atoms with Crippen LogP contribution in [0.2, 0.25) is 0 Å². The summed E-state index contributed by atoms with van der Waals surface area (Å²) in [5, 5.41) is 9.74. The van der Waals surface area contributed by atoms with Crippen LogP contribution >= 0.6 is 0 Å². The molecular formula is C12H15FN4O. The van der Waals surface area contributed by atoms with E-state index in [1.807, 2.05) is 6.92 Å². The molecule has 5 nitrogen and oxygen atoms in total. The Labute approximate surface area is 104 Å². The van der Waals surface area contributed by atoms with E-state index in [0.717, 1.165) is 0 Å². The Morgan fingerprint density at radius 3 is 2.94 bits per heavy atom. The van der Waals surface area contributed by atoms with Gasteiger partial charge in [0.15, 0.2) is 5.82 Å². The summed E-state index contributed by atoms with van der Waals surface area (Å²) in [4.78, 5) is 4.19. The molecule has 2 N–H and O–H groups in total. The highest BCUT2D eigenvalue weighted by Gasteiger charge is 2.10. The molecule has 96 valence electrons. The number of halogens is 1. The molecule has 0 amide bonds. The van der Waals surface area contributed by atoms with Crippen LogP contribution in [0, 0.1) is 5.82 Å². The predicted octanol–water partition coefficient (Wildman–Crippen LogP) is 2.06. The lowest BCUT2D eigenvalue weighted by Gasteiger charge is -2.09. The second-order valence-electron chi connectivity index (χ2n) is 3.99. The van der Waals surface area contributed by atoms with Gasteiger partial charge in [-0.2, -0.15) is 4.98 Å². The van der Waals surface area contributed by atoms with Gasteiger partial charge in [-0.1, -0.05) is 12.1 Å². The summed E-state index contributed by atoms with van der Waals surface area (Å²) in [5.74, 6) is 0.503. The van der Waals surface area contributed by atoms with E-state index in [1.165, 1.54) is 6.07 Å². The number of ether oxygens (including phenoxy) is 1. The molecule has 0 spiro atoms. The van der Waals surface area contributed by atoms with Gasteiger partial charge in [0.2, 0.25) is 5.95 Å². The van der Waals surface area contributed by atoms with Crippen molar-refractivity contribution in [2.24, 2.45) is 0 Å². The number of aromatic nitrogens is 3. The van der Waals surface area contributed by atoms with Gasteiger partial charge in [-0.3, -0.25) is 5.10 Å². The first kappa shape index (κ1) is 12.5. The quantitative estimate of drug-likeness (QED) is 0.852. The number of methoxy groups -OCH3 is 1. The zero-order valence-corrected chi connectivity index (χ0v) is 10.3. The topological polar surface area (TPSA) is 62.8 Å². The zero-order valence-electron chi connectivity index (χ0n) is 10.3. The van der Waals surface area contributed by atoms with Crippen molar-refractivity contribution in [1.29, 1.82) is 0 Å². The Bertz CT molecular complexity index is 514. The number of benzene rings is 1. The van der Waals surface area contributed by atoms with E-state index < -0.39 is 0 Å². The molecule has 0 aliphatic heterocycles. The van der Waals surface area contributed by atoms with Crippen molar-refractivity contribution in [3.05, 3.63) is 30.1 Å². The number of anilines is 1. The first-order valence-electron chi connectivity index (χ1n) is 5.63. The lowest BCUT2D eigenvalue weighted by atomic mass is 10.2. The fraction of sp³-hybridized carbons (Fsp3) is 0.333. The molecule has 0 saturated carbocycles. The van der Waals surface area contributed by atoms with Gasteiger partial charge in [0.05, 0.1) is 12.2 Å². The molecule has 1 aromatic carbocycles. The Morgan fingerprint density at radius 2 is 2.22 bits per heavy atom. The summed E-state index contributed by atoms with van der Waals surface area (Å²) in [6, 6.07) is 6.51. The molecule has 0 bridgehead atoms. The lowest BCUT2D eigenvalue weighted by Crippen LogP contribution is -2.21. The molecule has 18 heavy (non-hydrogen) atoms. The van der Waals surface area contributed by atoms with Crippen molar-refractivity contribution < 1.29 is 9.13 Å². The Morgan fingerprint density at radius 1 is 1.44 bits per heavy atom. The van der Waals surface area contributed by atoms with Crippen LogP contribution in [-0.4, -0.2) is 34.9 Å². The fourth-order valence-corrected chi connectivity index (χ4v) is 1.61. The third-order valence-corrected chi connectivity index (χ3v) is 2.41. The molecule has 1 aromatic heterocycles. The van der Waals surface area contributed by atoms with E-state index in [-0.39, 0.29) is 11.9 Å². The normalized spacial score (nSPS) is 12.4. The van der Waals surface area contributed by atoms with Crippen molar-refractivity contribution in [2.75, 3.05) is 19.0 Å². The Kier molecular flexibility index (Phi) is 3.88. The molecule has 0 radical (unpaired) electrons. The average Bonchev–Trinajstić information content (AvgIpc) is 2.78. The third-order valence-electron chi connectivity index (χ3n) is 2.41. The number of aromatic amines is 1. The largest absolute Gasteiger partial charge is 0.383 e. The number of nitrogens with one attached hydrogen (secondary N) is 2. The van der Waals surface area contributed by atoms with Crippen LogP contribution in [0.4, 0.5) is 10.3 Å². The summed E-state index contributed by atoms with van der Waals surface area (Å²) in [7, 11) is 1.63. The minimum absolute atomic E-state index is 0.0827. The number of rotatable bonds is 5. The maximum absolute atomic E-state index is 13.5. The van der Waals surface area contributed by atoms with Gasteiger partial charge in [0, 0.05) is 13.2 Å². The highest BCUT2D eigenvalue weighted by Crippen LogP contribution is 2.19. The van der Waals surface area contributed by atoms with Gasteiger partial charge < -0.3 is 10.1 Å². The van der Waals surface area contributed by atoms with E-state index in [1.54, 1.807) is 25.3 Å². The number of hydrogen-bond donors (Lipinski definition) is 2. The van der Waals surface area contributed by atoms with Crippen LogP contribution in [0.25, 0.3) is 11.4 Å². The second kappa shape index (κ2) is 5.59. The van der Waals surface area contributed by atoms with E-state index >= 15 is 0 Å². The molecule has 2 rings (SSSR count). The van der Waals surface area contributed by atoms with Crippen molar-refractivity contribution in [3.8, 4) is 11.4 Å². The summed E-state index contributed by atoms with van der Waals surface area (Å²) >= 11 is 0. The number of hydrogen-bond acceptors (Lipinski definition) is 4. The van der Waals surface area contributed by atoms with Crippen LogP contribution in [0.15, 0.2) is 24.3 Å². The maximum Gasteiger partial charge on any atom is 0.242 e. The minimum Gasteiger partial charge on any atom is -0.383 e. The van der Waals surface area contributed by atoms with Crippen molar-refractivity contribution in [2.45, 2.75) is 13.0 Å². The van der Waals surface area contributed by atoms with Crippen molar-refractivity contribution >= 4 is 5.95 Å². The zero-order chi connectivity index (χ0) is 13.0. The van der Waals surface area contributed by atoms with Crippen LogP contribution in [-0.2, 0) is 4.74 Å². The first-order chi connectivity index (χ1) is 8.70. The summed E-state index contributed by atoms with van der Waals surface area (Å²) in [5.41, 5.74) is 0.400. The number of H-pyrrole nitrogens is 1. The van der Waals surface area contributed by atoms with Gasteiger partial charge in [0.25, 0.3) is 0 Å². The van der Waals surface area contributed by atoms with Gasteiger partial charge in [-0.25, -0.2) is 4.39 Å². The first-order valence-corrected chi connectivity index (χ1v) is 5.63. The summed E-state index contributed by atoms with van der Waals surface area (Å²) < 4.78 is 18.5. The highest BCUT2D eigenvalue weighted by molar-refractivity contribution is 5.56.